The molecule has 0 amide bonds. The number of ether oxygens (including phenoxy) is 3. The molecule has 1 unspecified atom stereocenters. The Labute approximate surface area is 118 Å². The van der Waals surface area contributed by atoms with E-state index in [2.05, 4.69) is 5.32 Å². The molecule has 2 aliphatic rings. The molecule has 104 valence electrons. The van der Waals surface area contributed by atoms with Crippen LogP contribution in [0.5, 0.6) is 17.2 Å². The molecule has 3 rings (SSSR count). The molecule has 1 N–H and O–H groups in total. The lowest BCUT2D eigenvalue weighted by atomic mass is 10.0. The Balaban J connectivity index is 1.95. The summed E-state index contributed by atoms with van der Waals surface area (Å²) in [4.78, 5) is 0. The van der Waals surface area contributed by atoms with E-state index in [1.165, 1.54) is 12.8 Å². The van der Waals surface area contributed by atoms with Crippen LogP contribution in [-0.2, 0) is 6.42 Å². The highest BCUT2D eigenvalue weighted by Crippen LogP contribution is 2.45. The summed E-state index contributed by atoms with van der Waals surface area (Å²) in [6, 6.07) is 2.49. The van der Waals surface area contributed by atoms with Crippen LogP contribution >= 0.6 is 11.6 Å². The Morgan fingerprint density at radius 1 is 1.42 bits per heavy atom. The minimum atomic E-state index is 0.493. The maximum Gasteiger partial charge on any atom is 0.183 e. The molecule has 1 aromatic rings. The first-order chi connectivity index (χ1) is 9.29. The summed E-state index contributed by atoms with van der Waals surface area (Å²) in [5.74, 6) is 2.04. The lowest BCUT2D eigenvalue weighted by molar-refractivity contribution is 0.170. The summed E-state index contributed by atoms with van der Waals surface area (Å²) in [6.45, 7) is 2.18. The molecule has 1 saturated heterocycles. The SMILES string of the molecule is COc1c(CC2CCCN2)cc2c(c1Cl)OCCO2. The van der Waals surface area contributed by atoms with Gasteiger partial charge in [0.15, 0.2) is 11.5 Å². The fourth-order valence-corrected chi connectivity index (χ4v) is 3.09. The van der Waals surface area contributed by atoms with Crippen molar-refractivity contribution in [2.75, 3.05) is 26.9 Å². The third-order valence-electron chi connectivity index (χ3n) is 3.64. The zero-order chi connectivity index (χ0) is 13.2. The topological polar surface area (TPSA) is 39.7 Å². The number of rotatable bonds is 3. The highest BCUT2D eigenvalue weighted by Gasteiger charge is 2.24. The zero-order valence-electron chi connectivity index (χ0n) is 11.0. The van der Waals surface area contributed by atoms with Crippen molar-refractivity contribution in [3.05, 3.63) is 16.7 Å². The van der Waals surface area contributed by atoms with Crippen LogP contribution in [0.15, 0.2) is 6.07 Å². The van der Waals surface area contributed by atoms with Crippen molar-refractivity contribution in [1.29, 1.82) is 0 Å². The molecule has 1 aromatic carbocycles. The number of halogens is 1. The fraction of sp³-hybridized carbons (Fsp3) is 0.571. The predicted molar refractivity (Wildman–Crippen MR) is 73.7 cm³/mol. The molecule has 1 fully saturated rings. The molecule has 1 atom stereocenters. The van der Waals surface area contributed by atoms with E-state index in [-0.39, 0.29) is 0 Å². The Morgan fingerprint density at radius 3 is 3.00 bits per heavy atom. The summed E-state index contributed by atoms with van der Waals surface area (Å²) in [5, 5.41) is 4.01. The van der Waals surface area contributed by atoms with Crippen LogP contribution in [0.2, 0.25) is 5.02 Å². The van der Waals surface area contributed by atoms with Gasteiger partial charge in [0.25, 0.3) is 0 Å². The lowest BCUT2D eigenvalue weighted by Crippen LogP contribution is -2.24. The van der Waals surface area contributed by atoms with Crippen molar-refractivity contribution in [3.8, 4) is 17.2 Å². The second-order valence-corrected chi connectivity index (χ2v) is 5.28. The molecule has 2 aliphatic heterocycles. The van der Waals surface area contributed by atoms with Gasteiger partial charge < -0.3 is 19.5 Å². The summed E-state index contributed by atoms with van der Waals surface area (Å²) in [7, 11) is 1.64. The summed E-state index contributed by atoms with van der Waals surface area (Å²) >= 11 is 6.37. The van der Waals surface area contributed by atoms with Crippen LogP contribution in [0.25, 0.3) is 0 Å². The van der Waals surface area contributed by atoms with Gasteiger partial charge in [0.2, 0.25) is 0 Å². The summed E-state index contributed by atoms with van der Waals surface area (Å²) in [5.41, 5.74) is 1.08. The number of methoxy groups -OCH3 is 1. The monoisotopic (exact) mass is 283 g/mol. The molecule has 0 spiro atoms. The van der Waals surface area contributed by atoms with Crippen LogP contribution in [0.3, 0.4) is 0 Å². The van der Waals surface area contributed by atoms with Crippen molar-refractivity contribution < 1.29 is 14.2 Å². The second-order valence-electron chi connectivity index (χ2n) is 4.90. The highest BCUT2D eigenvalue weighted by molar-refractivity contribution is 6.34. The molecule has 0 radical (unpaired) electrons. The van der Waals surface area contributed by atoms with E-state index in [0.717, 1.165) is 24.3 Å². The Bertz CT molecular complexity index is 472. The number of hydrogen-bond acceptors (Lipinski definition) is 4. The summed E-state index contributed by atoms with van der Waals surface area (Å²) < 4.78 is 16.6. The third-order valence-corrected chi connectivity index (χ3v) is 3.98. The zero-order valence-corrected chi connectivity index (χ0v) is 11.8. The fourth-order valence-electron chi connectivity index (χ4n) is 2.75. The van der Waals surface area contributed by atoms with Crippen LogP contribution in [0.4, 0.5) is 0 Å². The van der Waals surface area contributed by atoms with Gasteiger partial charge in [-0.15, -0.1) is 0 Å². The molecule has 0 aliphatic carbocycles. The van der Waals surface area contributed by atoms with E-state index in [1.54, 1.807) is 7.11 Å². The first-order valence-electron chi connectivity index (χ1n) is 6.68. The van der Waals surface area contributed by atoms with Crippen LogP contribution in [0, 0.1) is 0 Å². The van der Waals surface area contributed by atoms with Crippen molar-refractivity contribution >= 4 is 11.6 Å². The second kappa shape index (κ2) is 5.47. The van der Waals surface area contributed by atoms with E-state index in [4.69, 9.17) is 25.8 Å². The molecule has 2 heterocycles. The van der Waals surface area contributed by atoms with Crippen LogP contribution < -0.4 is 19.5 Å². The van der Waals surface area contributed by atoms with Crippen molar-refractivity contribution in [1.82, 2.24) is 5.32 Å². The molecule has 4 nitrogen and oxygen atoms in total. The van der Waals surface area contributed by atoms with E-state index in [1.807, 2.05) is 6.07 Å². The number of benzene rings is 1. The van der Waals surface area contributed by atoms with Gasteiger partial charge >= 0.3 is 0 Å². The van der Waals surface area contributed by atoms with Gasteiger partial charge in [0.05, 0.1) is 7.11 Å². The van der Waals surface area contributed by atoms with Crippen molar-refractivity contribution in [2.45, 2.75) is 25.3 Å². The van der Waals surface area contributed by atoms with Crippen LogP contribution in [-0.4, -0.2) is 32.9 Å². The molecule has 0 aromatic heterocycles. The van der Waals surface area contributed by atoms with Crippen molar-refractivity contribution in [3.63, 3.8) is 0 Å². The largest absolute Gasteiger partial charge is 0.495 e. The van der Waals surface area contributed by atoms with Gasteiger partial charge in [-0.1, -0.05) is 11.6 Å². The normalized spacial score (nSPS) is 21.5. The molecule has 5 heteroatoms. The predicted octanol–water partition coefficient (Wildman–Crippen LogP) is 2.41. The average molecular weight is 284 g/mol. The van der Waals surface area contributed by atoms with E-state index in [0.29, 0.717) is 35.8 Å². The minimum Gasteiger partial charge on any atom is -0.495 e. The van der Waals surface area contributed by atoms with Gasteiger partial charge in [-0.25, -0.2) is 0 Å². The maximum atomic E-state index is 6.37. The van der Waals surface area contributed by atoms with Crippen LogP contribution in [0.1, 0.15) is 18.4 Å². The third kappa shape index (κ3) is 2.47. The van der Waals surface area contributed by atoms with Gasteiger partial charge in [-0.05, 0) is 31.9 Å². The Hall–Kier alpha value is -1.13. The lowest BCUT2D eigenvalue weighted by Gasteiger charge is -2.23. The molecular formula is C14H18ClNO3. The first kappa shape index (κ1) is 12.9. The minimum absolute atomic E-state index is 0.493. The number of nitrogens with one attached hydrogen (secondary N) is 1. The molecule has 0 saturated carbocycles. The smallest absolute Gasteiger partial charge is 0.183 e. The Morgan fingerprint density at radius 2 is 2.26 bits per heavy atom. The number of hydrogen-bond donors (Lipinski definition) is 1. The highest BCUT2D eigenvalue weighted by atomic mass is 35.5. The van der Waals surface area contributed by atoms with E-state index >= 15 is 0 Å². The quantitative estimate of drug-likeness (QED) is 0.925. The number of fused-ring (bicyclic) bond motifs is 1. The first-order valence-corrected chi connectivity index (χ1v) is 7.05. The maximum absolute atomic E-state index is 6.37. The van der Waals surface area contributed by atoms with E-state index in [9.17, 15) is 0 Å². The van der Waals surface area contributed by atoms with Gasteiger partial charge in [0.1, 0.15) is 24.0 Å². The average Bonchev–Trinajstić information content (AvgIpc) is 2.92. The summed E-state index contributed by atoms with van der Waals surface area (Å²) in [6.07, 6.45) is 3.32. The molecular weight excluding hydrogens is 266 g/mol. The van der Waals surface area contributed by atoms with Gasteiger partial charge in [-0.2, -0.15) is 0 Å². The standard InChI is InChI=1S/C14H18ClNO3/c1-17-13-9(7-10-3-2-4-16-10)8-11-14(12(13)15)19-6-5-18-11/h8,10,16H,2-7H2,1H3. The van der Waals surface area contributed by atoms with Gasteiger partial charge in [-0.3, -0.25) is 0 Å². The van der Waals surface area contributed by atoms with Gasteiger partial charge in [0, 0.05) is 11.6 Å². The van der Waals surface area contributed by atoms with Crippen molar-refractivity contribution in [2.24, 2.45) is 0 Å². The molecule has 0 bridgehead atoms. The molecule has 19 heavy (non-hydrogen) atoms. The Kier molecular flexibility index (Phi) is 3.71. The van der Waals surface area contributed by atoms with E-state index < -0.39 is 0 Å².